The van der Waals surface area contributed by atoms with Gasteiger partial charge in [0.2, 0.25) is 11.8 Å². The summed E-state index contributed by atoms with van der Waals surface area (Å²) in [5.41, 5.74) is 1.24. The highest BCUT2D eigenvalue weighted by molar-refractivity contribution is 6.39. The fraction of sp³-hybridized carbons (Fsp3) is 0.167. The molecular formula is C18H13Cl2N3O2. The van der Waals surface area contributed by atoms with Crippen molar-refractivity contribution in [1.29, 1.82) is 5.26 Å². The third kappa shape index (κ3) is 3.46. The van der Waals surface area contributed by atoms with Gasteiger partial charge in [-0.1, -0.05) is 41.4 Å². The van der Waals surface area contributed by atoms with Gasteiger partial charge in [-0.25, -0.2) is 0 Å². The van der Waals surface area contributed by atoms with Crippen LogP contribution < -0.4 is 10.2 Å². The molecule has 1 aliphatic rings. The smallest absolute Gasteiger partial charge is 0.229 e. The van der Waals surface area contributed by atoms with E-state index in [1.807, 2.05) is 0 Å². The SMILES string of the molecule is N#Cc1ccccc1N1CC(C(=O)Nc2c(Cl)cccc2Cl)CC1=O. The van der Waals surface area contributed by atoms with Crippen LogP contribution in [-0.4, -0.2) is 18.4 Å². The van der Waals surface area contributed by atoms with Crippen LogP contribution in [0.1, 0.15) is 12.0 Å². The molecule has 2 aromatic rings. The van der Waals surface area contributed by atoms with E-state index in [1.54, 1.807) is 42.5 Å². The second-order valence-electron chi connectivity index (χ2n) is 5.62. The van der Waals surface area contributed by atoms with Crippen LogP contribution in [-0.2, 0) is 9.59 Å². The van der Waals surface area contributed by atoms with Crippen LogP contribution in [0.5, 0.6) is 0 Å². The Balaban J connectivity index is 1.79. The minimum Gasteiger partial charge on any atom is -0.323 e. The summed E-state index contributed by atoms with van der Waals surface area (Å²) in [6.07, 6.45) is 0.0632. The quantitative estimate of drug-likeness (QED) is 0.887. The van der Waals surface area contributed by atoms with Gasteiger partial charge < -0.3 is 10.2 Å². The number of nitrogens with one attached hydrogen (secondary N) is 1. The Morgan fingerprint density at radius 3 is 2.52 bits per heavy atom. The third-order valence-electron chi connectivity index (χ3n) is 4.02. The van der Waals surface area contributed by atoms with Crippen molar-refractivity contribution in [3.63, 3.8) is 0 Å². The zero-order chi connectivity index (χ0) is 18.0. The molecule has 0 bridgehead atoms. The molecule has 2 aromatic carbocycles. The highest BCUT2D eigenvalue weighted by Crippen LogP contribution is 2.32. The first-order valence-corrected chi connectivity index (χ1v) is 8.31. The zero-order valence-electron chi connectivity index (χ0n) is 13.0. The molecule has 1 heterocycles. The molecule has 0 aromatic heterocycles. The normalized spacial score (nSPS) is 16.6. The predicted octanol–water partition coefficient (Wildman–Crippen LogP) is 3.86. The molecule has 0 aliphatic carbocycles. The maximum Gasteiger partial charge on any atom is 0.229 e. The van der Waals surface area contributed by atoms with E-state index in [4.69, 9.17) is 23.2 Å². The maximum atomic E-state index is 12.5. The maximum absolute atomic E-state index is 12.5. The average molecular weight is 374 g/mol. The van der Waals surface area contributed by atoms with Gasteiger partial charge in [-0.2, -0.15) is 5.26 Å². The number of carbonyl (C=O) groups excluding carboxylic acids is 2. The van der Waals surface area contributed by atoms with Crippen molar-refractivity contribution in [2.24, 2.45) is 5.92 Å². The van der Waals surface area contributed by atoms with Crippen LogP contribution in [0, 0.1) is 17.2 Å². The number of halogens is 2. The number of hydrogen-bond acceptors (Lipinski definition) is 3. The Morgan fingerprint density at radius 2 is 1.84 bits per heavy atom. The number of hydrogen-bond donors (Lipinski definition) is 1. The lowest BCUT2D eigenvalue weighted by molar-refractivity contribution is -0.122. The van der Waals surface area contributed by atoms with Crippen molar-refractivity contribution in [1.82, 2.24) is 0 Å². The minimum absolute atomic E-state index is 0.0632. The fourth-order valence-electron chi connectivity index (χ4n) is 2.76. The number of rotatable bonds is 3. The second kappa shape index (κ2) is 7.14. The van der Waals surface area contributed by atoms with E-state index >= 15 is 0 Å². The van der Waals surface area contributed by atoms with E-state index in [-0.39, 0.29) is 24.8 Å². The first kappa shape index (κ1) is 17.3. The van der Waals surface area contributed by atoms with Crippen LogP contribution >= 0.6 is 23.2 Å². The molecule has 25 heavy (non-hydrogen) atoms. The second-order valence-corrected chi connectivity index (χ2v) is 6.43. The van der Waals surface area contributed by atoms with Crippen molar-refractivity contribution in [3.05, 3.63) is 58.1 Å². The van der Waals surface area contributed by atoms with Gasteiger partial charge in [-0.05, 0) is 24.3 Å². The Bertz CT molecular complexity index is 872. The Hall–Kier alpha value is -2.55. The summed E-state index contributed by atoms with van der Waals surface area (Å²) in [5, 5.41) is 12.6. The molecule has 1 unspecified atom stereocenters. The van der Waals surface area contributed by atoms with Gasteiger partial charge in [0.1, 0.15) is 6.07 Å². The summed E-state index contributed by atoms with van der Waals surface area (Å²) in [6.45, 7) is 0.200. The van der Waals surface area contributed by atoms with E-state index in [2.05, 4.69) is 11.4 Å². The highest BCUT2D eigenvalue weighted by Gasteiger charge is 2.36. The van der Waals surface area contributed by atoms with Gasteiger partial charge in [-0.3, -0.25) is 9.59 Å². The Labute approximate surface area is 154 Å². The number of anilines is 2. The van der Waals surface area contributed by atoms with Crippen molar-refractivity contribution >= 4 is 46.4 Å². The fourth-order valence-corrected chi connectivity index (χ4v) is 3.25. The molecule has 1 aliphatic heterocycles. The molecule has 0 saturated carbocycles. The molecule has 1 fully saturated rings. The summed E-state index contributed by atoms with van der Waals surface area (Å²) < 4.78 is 0. The highest BCUT2D eigenvalue weighted by atomic mass is 35.5. The molecule has 0 spiro atoms. The summed E-state index contributed by atoms with van der Waals surface area (Å²) in [4.78, 5) is 26.3. The van der Waals surface area contributed by atoms with Gasteiger partial charge in [0.25, 0.3) is 0 Å². The molecule has 1 N–H and O–H groups in total. The van der Waals surface area contributed by atoms with Crippen molar-refractivity contribution in [2.75, 3.05) is 16.8 Å². The molecule has 2 amide bonds. The number of nitrogens with zero attached hydrogens (tertiary/aromatic N) is 2. The van der Waals surface area contributed by atoms with E-state index in [0.717, 1.165) is 0 Å². The molecule has 1 saturated heterocycles. The molecule has 7 heteroatoms. The van der Waals surface area contributed by atoms with E-state index in [9.17, 15) is 14.9 Å². The molecule has 5 nitrogen and oxygen atoms in total. The first-order valence-electron chi connectivity index (χ1n) is 7.55. The monoisotopic (exact) mass is 373 g/mol. The van der Waals surface area contributed by atoms with Crippen molar-refractivity contribution in [3.8, 4) is 6.07 Å². The number of para-hydroxylation sites is 2. The Kier molecular flexibility index (Phi) is 4.93. The van der Waals surface area contributed by atoms with Crippen LogP contribution in [0.4, 0.5) is 11.4 Å². The largest absolute Gasteiger partial charge is 0.323 e. The van der Waals surface area contributed by atoms with Gasteiger partial charge in [0, 0.05) is 13.0 Å². The molecular weight excluding hydrogens is 361 g/mol. The first-order chi connectivity index (χ1) is 12.0. The summed E-state index contributed by atoms with van der Waals surface area (Å²) in [7, 11) is 0. The van der Waals surface area contributed by atoms with Crippen LogP contribution in [0.25, 0.3) is 0 Å². The average Bonchev–Trinajstić information content (AvgIpc) is 3.00. The van der Waals surface area contributed by atoms with E-state index < -0.39 is 5.92 Å². The number of carbonyl (C=O) groups is 2. The van der Waals surface area contributed by atoms with Gasteiger partial charge in [0.05, 0.1) is 32.9 Å². The van der Waals surface area contributed by atoms with Gasteiger partial charge in [-0.15, -0.1) is 0 Å². The number of benzene rings is 2. The molecule has 0 radical (unpaired) electrons. The van der Waals surface area contributed by atoms with Gasteiger partial charge in [0.15, 0.2) is 0 Å². The van der Waals surface area contributed by atoms with Crippen LogP contribution in [0.3, 0.4) is 0 Å². The molecule has 1 atom stereocenters. The van der Waals surface area contributed by atoms with E-state index in [1.165, 1.54) is 4.90 Å². The molecule has 3 rings (SSSR count). The van der Waals surface area contributed by atoms with Gasteiger partial charge >= 0.3 is 0 Å². The summed E-state index contributed by atoms with van der Waals surface area (Å²) in [5.74, 6) is -1.08. The lowest BCUT2D eigenvalue weighted by atomic mass is 10.1. The predicted molar refractivity (Wildman–Crippen MR) is 96.7 cm³/mol. The topological polar surface area (TPSA) is 73.2 Å². The lowest BCUT2D eigenvalue weighted by Gasteiger charge is -2.18. The van der Waals surface area contributed by atoms with Crippen molar-refractivity contribution in [2.45, 2.75) is 6.42 Å². The lowest BCUT2D eigenvalue weighted by Crippen LogP contribution is -2.28. The van der Waals surface area contributed by atoms with Crippen molar-refractivity contribution < 1.29 is 9.59 Å². The third-order valence-corrected chi connectivity index (χ3v) is 4.65. The number of nitriles is 1. The van der Waals surface area contributed by atoms with Crippen LogP contribution in [0.2, 0.25) is 10.0 Å². The van der Waals surface area contributed by atoms with Crippen LogP contribution in [0.15, 0.2) is 42.5 Å². The standard InChI is InChI=1S/C18H13Cl2N3O2/c19-13-5-3-6-14(20)17(13)22-18(25)12-8-16(24)23(10-12)15-7-2-1-4-11(15)9-21/h1-7,12H,8,10H2,(H,22,25). The zero-order valence-corrected chi connectivity index (χ0v) is 14.5. The summed E-state index contributed by atoms with van der Waals surface area (Å²) in [6, 6.07) is 13.8. The molecule has 126 valence electrons. The summed E-state index contributed by atoms with van der Waals surface area (Å²) >= 11 is 12.1. The number of amides is 2. The Morgan fingerprint density at radius 1 is 1.16 bits per heavy atom. The minimum atomic E-state index is -0.549. The van der Waals surface area contributed by atoms with E-state index in [0.29, 0.717) is 27.0 Å².